The molecule has 1 atom stereocenters. The molecule has 1 saturated heterocycles. The molecule has 1 heterocycles. The first kappa shape index (κ1) is 13.8. The highest BCUT2D eigenvalue weighted by molar-refractivity contribution is 6.06. The summed E-state index contributed by atoms with van der Waals surface area (Å²) in [6, 6.07) is 0. The van der Waals surface area contributed by atoms with E-state index >= 15 is 0 Å². The fourth-order valence-corrected chi connectivity index (χ4v) is 2.54. The Balaban J connectivity index is 2.95. The van der Waals surface area contributed by atoms with Gasteiger partial charge in [0.05, 0.1) is 0 Å². The van der Waals surface area contributed by atoms with E-state index in [1.807, 2.05) is 18.7 Å². The molecule has 3 N–H and O–H groups in total. The Morgan fingerprint density at radius 3 is 2.47 bits per heavy atom. The first-order valence-corrected chi connectivity index (χ1v) is 6.29. The predicted molar refractivity (Wildman–Crippen MR) is 66.8 cm³/mol. The molecule has 5 heteroatoms. The summed E-state index contributed by atoms with van der Waals surface area (Å²) in [6.45, 7) is 7.49. The zero-order valence-corrected chi connectivity index (χ0v) is 10.9. The largest absolute Gasteiger partial charge is 0.409 e. The summed E-state index contributed by atoms with van der Waals surface area (Å²) in [7, 11) is 0. The van der Waals surface area contributed by atoms with Gasteiger partial charge in [0.2, 0.25) is 5.91 Å². The Morgan fingerprint density at radius 1 is 1.53 bits per heavy atom. The van der Waals surface area contributed by atoms with E-state index in [4.69, 9.17) is 10.9 Å². The monoisotopic (exact) mass is 241 g/mol. The van der Waals surface area contributed by atoms with Crippen LogP contribution in [0.1, 0.15) is 40.0 Å². The van der Waals surface area contributed by atoms with Gasteiger partial charge in [-0.3, -0.25) is 4.79 Å². The van der Waals surface area contributed by atoms with Gasteiger partial charge in [0, 0.05) is 13.1 Å². The van der Waals surface area contributed by atoms with E-state index in [9.17, 15) is 4.79 Å². The Bertz CT molecular complexity index is 311. The van der Waals surface area contributed by atoms with Crippen molar-refractivity contribution in [3.63, 3.8) is 0 Å². The van der Waals surface area contributed by atoms with E-state index in [1.54, 1.807) is 0 Å². The molecule has 0 aromatic heterocycles. The molecule has 1 amide bonds. The Labute approximate surface area is 103 Å². The van der Waals surface area contributed by atoms with Crippen LogP contribution in [0.4, 0.5) is 0 Å². The Hall–Kier alpha value is -1.26. The fourth-order valence-electron chi connectivity index (χ4n) is 2.54. The molecular weight excluding hydrogens is 218 g/mol. The number of hydrogen-bond donors (Lipinski definition) is 2. The molecule has 0 saturated carbocycles. The number of amides is 1. The molecule has 1 aliphatic rings. The van der Waals surface area contributed by atoms with Gasteiger partial charge in [-0.2, -0.15) is 0 Å². The van der Waals surface area contributed by atoms with Crippen molar-refractivity contribution < 1.29 is 10.0 Å². The number of nitrogens with two attached hydrogens (primary N) is 1. The highest BCUT2D eigenvalue weighted by Gasteiger charge is 2.43. The van der Waals surface area contributed by atoms with Crippen molar-refractivity contribution >= 4 is 11.7 Å². The van der Waals surface area contributed by atoms with Crippen LogP contribution in [0.25, 0.3) is 0 Å². The summed E-state index contributed by atoms with van der Waals surface area (Å²) in [4.78, 5) is 14.4. The van der Waals surface area contributed by atoms with E-state index in [-0.39, 0.29) is 11.7 Å². The second-order valence-electron chi connectivity index (χ2n) is 4.92. The second kappa shape index (κ2) is 5.38. The molecule has 1 unspecified atom stereocenters. The minimum absolute atomic E-state index is 0.00199. The zero-order valence-electron chi connectivity index (χ0n) is 10.9. The normalized spacial score (nSPS) is 21.9. The van der Waals surface area contributed by atoms with Crippen LogP contribution < -0.4 is 5.73 Å². The van der Waals surface area contributed by atoms with Crippen LogP contribution >= 0.6 is 0 Å². The average molecular weight is 241 g/mol. The smallest absolute Gasteiger partial charge is 0.236 e. The standard InChI is InChI=1S/C12H23N3O2/c1-4-12(5-2,10(13)14-17)11(16)15-7-6-9(3)8-15/h9,17H,4-8H2,1-3H3,(H2,13,14). The number of carbonyl (C=O) groups excluding carboxylic acids is 1. The van der Waals surface area contributed by atoms with Crippen molar-refractivity contribution in [1.82, 2.24) is 4.90 Å². The maximum absolute atomic E-state index is 12.5. The molecule has 0 aromatic rings. The van der Waals surface area contributed by atoms with Gasteiger partial charge < -0.3 is 15.8 Å². The third-order valence-corrected chi connectivity index (χ3v) is 3.93. The van der Waals surface area contributed by atoms with Gasteiger partial charge >= 0.3 is 0 Å². The molecule has 0 aromatic carbocycles. The minimum Gasteiger partial charge on any atom is -0.409 e. The maximum Gasteiger partial charge on any atom is 0.236 e. The lowest BCUT2D eigenvalue weighted by Crippen LogP contribution is -2.50. The number of rotatable bonds is 4. The van der Waals surface area contributed by atoms with Crippen molar-refractivity contribution in [3.05, 3.63) is 0 Å². The van der Waals surface area contributed by atoms with Crippen molar-refractivity contribution in [2.45, 2.75) is 40.0 Å². The lowest BCUT2D eigenvalue weighted by molar-refractivity contribution is -0.137. The van der Waals surface area contributed by atoms with Crippen molar-refractivity contribution in [2.75, 3.05) is 13.1 Å². The molecular formula is C12H23N3O2. The van der Waals surface area contributed by atoms with Crippen LogP contribution in [0.2, 0.25) is 0 Å². The molecule has 1 fully saturated rings. The molecule has 17 heavy (non-hydrogen) atoms. The Morgan fingerprint density at radius 2 is 2.12 bits per heavy atom. The van der Waals surface area contributed by atoms with Gasteiger partial charge in [-0.1, -0.05) is 25.9 Å². The molecule has 98 valence electrons. The molecule has 1 rings (SSSR count). The number of hydrogen-bond acceptors (Lipinski definition) is 3. The highest BCUT2D eigenvalue weighted by atomic mass is 16.4. The number of carbonyl (C=O) groups is 1. The van der Waals surface area contributed by atoms with E-state index < -0.39 is 5.41 Å². The number of likely N-dealkylation sites (tertiary alicyclic amines) is 1. The number of nitrogens with zero attached hydrogens (tertiary/aromatic N) is 2. The topological polar surface area (TPSA) is 78.9 Å². The number of amidine groups is 1. The maximum atomic E-state index is 12.5. The van der Waals surface area contributed by atoms with Crippen LogP contribution in [-0.2, 0) is 4.79 Å². The van der Waals surface area contributed by atoms with E-state index in [0.717, 1.165) is 19.5 Å². The van der Waals surface area contributed by atoms with Crippen molar-refractivity contribution in [1.29, 1.82) is 0 Å². The summed E-state index contributed by atoms with van der Waals surface area (Å²) in [5.74, 6) is 0.576. The molecule has 0 aliphatic carbocycles. The third-order valence-electron chi connectivity index (χ3n) is 3.93. The van der Waals surface area contributed by atoms with Gasteiger partial charge in [0.1, 0.15) is 5.41 Å². The van der Waals surface area contributed by atoms with Crippen LogP contribution in [-0.4, -0.2) is 34.9 Å². The summed E-state index contributed by atoms with van der Waals surface area (Å²) < 4.78 is 0. The molecule has 0 spiro atoms. The summed E-state index contributed by atoms with van der Waals surface area (Å²) in [6.07, 6.45) is 2.15. The Kier molecular flexibility index (Phi) is 4.37. The lowest BCUT2D eigenvalue weighted by Gasteiger charge is -2.33. The SMILES string of the molecule is CCC(CC)(C(=O)N1CCC(C)C1)C(N)=NO. The van der Waals surface area contributed by atoms with Crippen LogP contribution in [0.15, 0.2) is 5.16 Å². The molecule has 1 aliphatic heterocycles. The van der Waals surface area contributed by atoms with Crippen LogP contribution in [0, 0.1) is 11.3 Å². The van der Waals surface area contributed by atoms with Gasteiger partial charge in [-0.15, -0.1) is 0 Å². The van der Waals surface area contributed by atoms with Crippen LogP contribution in [0.3, 0.4) is 0 Å². The third kappa shape index (κ3) is 2.37. The summed E-state index contributed by atoms with van der Waals surface area (Å²) >= 11 is 0. The summed E-state index contributed by atoms with van der Waals surface area (Å²) in [5, 5.41) is 11.9. The van der Waals surface area contributed by atoms with E-state index in [0.29, 0.717) is 18.8 Å². The second-order valence-corrected chi connectivity index (χ2v) is 4.92. The average Bonchev–Trinajstić information content (AvgIpc) is 2.77. The number of oxime groups is 1. The zero-order chi connectivity index (χ0) is 13.1. The summed E-state index contributed by atoms with van der Waals surface area (Å²) in [5.41, 5.74) is 4.89. The first-order valence-electron chi connectivity index (χ1n) is 6.29. The molecule has 5 nitrogen and oxygen atoms in total. The molecule has 0 radical (unpaired) electrons. The van der Waals surface area contributed by atoms with Gasteiger partial charge in [0.15, 0.2) is 5.84 Å². The van der Waals surface area contributed by atoms with Crippen molar-refractivity contribution in [2.24, 2.45) is 22.2 Å². The van der Waals surface area contributed by atoms with Crippen molar-refractivity contribution in [3.8, 4) is 0 Å². The van der Waals surface area contributed by atoms with Gasteiger partial charge in [-0.05, 0) is 25.2 Å². The quantitative estimate of drug-likeness (QED) is 0.338. The van der Waals surface area contributed by atoms with E-state index in [2.05, 4.69) is 12.1 Å². The predicted octanol–water partition coefficient (Wildman–Crippen LogP) is 1.41. The van der Waals surface area contributed by atoms with Gasteiger partial charge in [0.25, 0.3) is 0 Å². The van der Waals surface area contributed by atoms with Gasteiger partial charge in [-0.25, -0.2) is 0 Å². The van der Waals surface area contributed by atoms with Crippen LogP contribution in [0.5, 0.6) is 0 Å². The fraction of sp³-hybridized carbons (Fsp3) is 0.833. The van der Waals surface area contributed by atoms with E-state index in [1.165, 1.54) is 0 Å². The molecule has 0 bridgehead atoms. The first-order chi connectivity index (χ1) is 8.01. The lowest BCUT2D eigenvalue weighted by atomic mass is 9.79. The minimum atomic E-state index is -0.835. The highest BCUT2D eigenvalue weighted by Crippen LogP contribution is 2.31.